The molecule has 0 bridgehead atoms. The molecule has 0 saturated heterocycles. The fraction of sp³-hybridized carbons (Fsp3) is 0.615. The summed E-state index contributed by atoms with van der Waals surface area (Å²) in [6, 6.07) is 1.79. The number of H-pyrrole nitrogens is 1. The van der Waals surface area contributed by atoms with Gasteiger partial charge in [0.25, 0.3) is 5.56 Å². The Morgan fingerprint density at radius 3 is 2.28 bits per heavy atom. The lowest BCUT2D eigenvalue weighted by molar-refractivity contribution is 0.248. The first-order chi connectivity index (χ1) is 8.36. The topological polar surface area (TPSA) is 78.7 Å². The van der Waals surface area contributed by atoms with E-state index in [0.29, 0.717) is 24.3 Å². The average molecular weight is 249 g/mol. The normalized spacial score (nSPS) is 11.2. The maximum Gasteiger partial charge on any atom is 0.328 e. The number of nitriles is 1. The van der Waals surface area contributed by atoms with Crippen LogP contribution in [0.3, 0.4) is 0 Å². The van der Waals surface area contributed by atoms with Crippen molar-refractivity contribution in [2.24, 2.45) is 17.8 Å². The van der Waals surface area contributed by atoms with Gasteiger partial charge in [-0.3, -0.25) is 14.3 Å². The summed E-state index contributed by atoms with van der Waals surface area (Å²) >= 11 is 0. The molecule has 0 aliphatic heterocycles. The van der Waals surface area contributed by atoms with Gasteiger partial charge in [-0.1, -0.05) is 27.7 Å². The van der Waals surface area contributed by atoms with E-state index in [9.17, 15) is 9.59 Å². The summed E-state index contributed by atoms with van der Waals surface area (Å²) < 4.78 is 1.42. The summed E-state index contributed by atoms with van der Waals surface area (Å²) in [5.41, 5.74) is -1.10. The van der Waals surface area contributed by atoms with Crippen molar-refractivity contribution in [3.8, 4) is 6.07 Å². The second kappa shape index (κ2) is 5.67. The highest BCUT2D eigenvalue weighted by molar-refractivity contribution is 5.21. The standard InChI is InChI=1S/C13H19N3O2/c1-8(2)11(9(3)4)7-16-6-10(5-14)12(17)15-13(16)18/h6,8-9,11H,7H2,1-4H3,(H,15,17,18). The van der Waals surface area contributed by atoms with Gasteiger partial charge in [-0.2, -0.15) is 5.26 Å². The van der Waals surface area contributed by atoms with Gasteiger partial charge in [0, 0.05) is 12.7 Å². The molecule has 0 aliphatic rings. The third-order valence-corrected chi connectivity index (χ3v) is 3.25. The quantitative estimate of drug-likeness (QED) is 0.874. The number of hydrogen-bond acceptors (Lipinski definition) is 3. The van der Waals surface area contributed by atoms with Gasteiger partial charge in [-0.25, -0.2) is 4.79 Å². The van der Waals surface area contributed by atoms with Gasteiger partial charge in [0.2, 0.25) is 0 Å². The van der Waals surface area contributed by atoms with E-state index in [1.54, 1.807) is 6.07 Å². The first kappa shape index (κ1) is 14.2. The van der Waals surface area contributed by atoms with Crippen molar-refractivity contribution in [2.75, 3.05) is 0 Å². The molecule has 0 aliphatic carbocycles. The zero-order chi connectivity index (χ0) is 13.9. The van der Waals surface area contributed by atoms with E-state index in [-0.39, 0.29) is 5.56 Å². The van der Waals surface area contributed by atoms with Gasteiger partial charge in [0.15, 0.2) is 0 Å². The van der Waals surface area contributed by atoms with Crippen LogP contribution in [0.1, 0.15) is 33.3 Å². The average Bonchev–Trinajstić information content (AvgIpc) is 2.26. The Bertz CT molecular complexity index is 553. The van der Waals surface area contributed by atoms with E-state index >= 15 is 0 Å². The molecule has 1 aromatic heterocycles. The minimum absolute atomic E-state index is 0.0270. The molecule has 18 heavy (non-hydrogen) atoms. The number of nitrogens with one attached hydrogen (secondary N) is 1. The van der Waals surface area contributed by atoms with Crippen LogP contribution >= 0.6 is 0 Å². The summed E-state index contributed by atoms with van der Waals surface area (Å²) in [6.07, 6.45) is 1.35. The summed E-state index contributed by atoms with van der Waals surface area (Å²) in [5.74, 6) is 1.17. The SMILES string of the molecule is CC(C)C(Cn1cc(C#N)c(=O)[nH]c1=O)C(C)C. The molecule has 1 heterocycles. The van der Waals surface area contributed by atoms with Crippen LogP contribution in [0.15, 0.2) is 15.8 Å². The van der Waals surface area contributed by atoms with Gasteiger partial charge in [0.05, 0.1) is 0 Å². The maximum absolute atomic E-state index is 11.7. The van der Waals surface area contributed by atoms with Crippen molar-refractivity contribution in [1.29, 1.82) is 5.26 Å². The largest absolute Gasteiger partial charge is 0.328 e. The molecular formula is C13H19N3O2. The number of nitrogens with zero attached hydrogens (tertiary/aromatic N) is 2. The Morgan fingerprint density at radius 2 is 1.83 bits per heavy atom. The van der Waals surface area contributed by atoms with E-state index in [4.69, 9.17) is 5.26 Å². The Labute approximate surface area is 106 Å². The van der Waals surface area contributed by atoms with Crippen molar-refractivity contribution in [3.63, 3.8) is 0 Å². The lowest BCUT2D eigenvalue weighted by Gasteiger charge is -2.25. The predicted octanol–water partition coefficient (Wildman–Crippen LogP) is 1.34. The minimum atomic E-state index is -0.621. The van der Waals surface area contributed by atoms with Gasteiger partial charge < -0.3 is 0 Å². The fourth-order valence-electron chi connectivity index (χ4n) is 2.14. The van der Waals surface area contributed by atoms with Gasteiger partial charge in [-0.05, 0) is 17.8 Å². The van der Waals surface area contributed by atoms with Crippen molar-refractivity contribution >= 4 is 0 Å². The first-order valence-electron chi connectivity index (χ1n) is 6.10. The number of aromatic amines is 1. The lowest BCUT2D eigenvalue weighted by atomic mass is 9.85. The molecule has 98 valence electrons. The second-order valence-electron chi connectivity index (χ2n) is 5.22. The summed E-state index contributed by atoms with van der Waals surface area (Å²) in [4.78, 5) is 25.1. The molecule has 0 aromatic carbocycles. The Hall–Kier alpha value is -1.83. The Balaban J connectivity index is 3.15. The fourth-order valence-corrected chi connectivity index (χ4v) is 2.14. The monoisotopic (exact) mass is 249 g/mol. The number of hydrogen-bond donors (Lipinski definition) is 1. The summed E-state index contributed by atoms with van der Waals surface area (Å²) in [7, 11) is 0. The Morgan fingerprint density at radius 1 is 1.28 bits per heavy atom. The minimum Gasteiger partial charge on any atom is -0.299 e. The smallest absolute Gasteiger partial charge is 0.299 e. The van der Waals surface area contributed by atoms with Crippen molar-refractivity contribution in [2.45, 2.75) is 34.2 Å². The number of rotatable bonds is 4. The second-order valence-corrected chi connectivity index (χ2v) is 5.22. The third kappa shape index (κ3) is 3.10. The zero-order valence-electron chi connectivity index (χ0n) is 11.2. The molecule has 0 spiro atoms. The van der Waals surface area contributed by atoms with Crippen LogP contribution in [-0.2, 0) is 6.54 Å². The lowest BCUT2D eigenvalue weighted by Crippen LogP contribution is -2.34. The Kier molecular flexibility index (Phi) is 4.49. The first-order valence-corrected chi connectivity index (χ1v) is 6.10. The highest BCUT2D eigenvalue weighted by Crippen LogP contribution is 2.21. The molecule has 0 radical (unpaired) electrons. The van der Waals surface area contributed by atoms with Crippen LogP contribution in [-0.4, -0.2) is 9.55 Å². The van der Waals surface area contributed by atoms with E-state index in [0.717, 1.165) is 0 Å². The van der Waals surface area contributed by atoms with Crippen LogP contribution in [0.4, 0.5) is 0 Å². The molecule has 0 saturated carbocycles. The maximum atomic E-state index is 11.7. The molecule has 1 rings (SSSR count). The molecule has 0 amide bonds. The van der Waals surface area contributed by atoms with Crippen LogP contribution in [0, 0.1) is 29.1 Å². The molecule has 5 nitrogen and oxygen atoms in total. The van der Waals surface area contributed by atoms with Crippen LogP contribution in [0.5, 0.6) is 0 Å². The van der Waals surface area contributed by atoms with Crippen LogP contribution < -0.4 is 11.2 Å². The molecule has 0 unspecified atom stereocenters. The predicted molar refractivity (Wildman–Crippen MR) is 69.2 cm³/mol. The zero-order valence-corrected chi connectivity index (χ0v) is 11.2. The van der Waals surface area contributed by atoms with E-state index in [1.807, 2.05) is 0 Å². The van der Waals surface area contributed by atoms with E-state index in [2.05, 4.69) is 32.7 Å². The molecule has 0 atom stereocenters. The summed E-state index contributed by atoms with van der Waals surface area (Å²) in [5, 5.41) is 8.80. The molecule has 1 N–H and O–H groups in total. The van der Waals surface area contributed by atoms with Crippen LogP contribution in [0.25, 0.3) is 0 Å². The third-order valence-electron chi connectivity index (χ3n) is 3.25. The molecule has 0 fully saturated rings. The van der Waals surface area contributed by atoms with Gasteiger partial charge in [-0.15, -0.1) is 0 Å². The number of aromatic nitrogens is 2. The van der Waals surface area contributed by atoms with Gasteiger partial charge in [0.1, 0.15) is 11.6 Å². The van der Waals surface area contributed by atoms with Gasteiger partial charge >= 0.3 is 5.69 Å². The van der Waals surface area contributed by atoms with E-state index in [1.165, 1.54) is 10.8 Å². The van der Waals surface area contributed by atoms with Crippen molar-refractivity contribution < 1.29 is 0 Å². The van der Waals surface area contributed by atoms with Crippen molar-refractivity contribution in [1.82, 2.24) is 9.55 Å². The summed E-state index contributed by atoms with van der Waals surface area (Å²) in [6.45, 7) is 8.93. The van der Waals surface area contributed by atoms with Crippen LogP contribution in [0.2, 0.25) is 0 Å². The molecular weight excluding hydrogens is 230 g/mol. The molecule has 1 aromatic rings. The molecule has 5 heteroatoms. The highest BCUT2D eigenvalue weighted by atomic mass is 16.2. The highest BCUT2D eigenvalue weighted by Gasteiger charge is 2.19. The van der Waals surface area contributed by atoms with Crippen molar-refractivity contribution in [3.05, 3.63) is 32.6 Å². The van der Waals surface area contributed by atoms with E-state index < -0.39 is 11.2 Å².